The molecule has 3 heteroatoms. The molecule has 1 atom stereocenters. The average Bonchev–Trinajstić information content (AvgIpc) is 2.27. The van der Waals surface area contributed by atoms with Crippen LogP contribution in [0.2, 0.25) is 0 Å². The Kier molecular flexibility index (Phi) is 8.58. The minimum atomic E-state index is -0.805. The van der Waals surface area contributed by atoms with Crippen molar-refractivity contribution in [2.24, 2.45) is 0 Å². The minimum absolute atomic E-state index is 0.125. The number of benzene rings is 1. The number of hydrogen-bond acceptors (Lipinski definition) is 3. The van der Waals surface area contributed by atoms with Crippen LogP contribution in [0.1, 0.15) is 25.8 Å². The summed E-state index contributed by atoms with van der Waals surface area (Å²) in [6.45, 7) is 6.07. The molecule has 0 saturated heterocycles. The molecule has 0 fully saturated rings. The first-order valence-corrected chi connectivity index (χ1v) is 5.62. The van der Waals surface area contributed by atoms with E-state index in [1.165, 1.54) is 6.42 Å². The highest BCUT2D eigenvalue weighted by Crippen LogP contribution is 2.12. The van der Waals surface area contributed by atoms with Gasteiger partial charge >= 0.3 is 0 Å². The molecule has 0 aromatic heterocycles. The lowest BCUT2D eigenvalue weighted by Crippen LogP contribution is -2.21. The van der Waals surface area contributed by atoms with Gasteiger partial charge in [0.25, 0.3) is 0 Å². The van der Waals surface area contributed by atoms with Crippen LogP contribution in [0.3, 0.4) is 0 Å². The molecule has 2 N–H and O–H groups in total. The van der Waals surface area contributed by atoms with Gasteiger partial charge in [-0.2, -0.15) is 0 Å². The fourth-order valence-electron chi connectivity index (χ4n) is 0.950. The maximum Gasteiger partial charge on any atom is 0.119 e. The third-order valence-electron chi connectivity index (χ3n) is 1.64. The van der Waals surface area contributed by atoms with E-state index in [4.69, 9.17) is 14.9 Å². The molecule has 0 radical (unpaired) electrons. The highest BCUT2D eigenvalue weighted by Gasteiger charge is 2.02. The summed E-state index contributed by atoms with van der Waals surface area (Å²) in [5.74, 6) is 0.715. The van der Waals surface area contributed by atoms with Gasteiger partial charge in [-0.15, -0.1) is 0 Å². The van der Waals surface area contributed by atoms with Crippen molar-refractivity contribution in [3.05, 3.63) is 29.8 Å². The summed E-state index contributed by atoms with van der Waals surface area (Å²) >= 11 is 0. The lowest BCUT2D eigenvalue weighted by atomic mass is 10.2. The van der Waals surface area contributed by atoms with Crippen molar-refractivity contribution in [2.75, 3.05) is 13.2 Å². The number of aliphatic hydroxyl groups is 2. The summed E-state index contributed by atoms with van der Waals surface area (Å²) in [7, 11) is 0. The molecule has 0 amide bonds. The van der Waals surface area contributed by atoms with Gasteiger partial charge in [-0.1, -0.05) is 32.4 Å². The Morgan fingerprint density at radius 1 is 1.31 bits per heavy atom. The lowest BCUT2D eigenvalue weighted by molar-refractivity contribution is 0.0536. The number of aliphatic hydroxyl groups excluding tert-OH is 2. The first-order valence-electron chi connectivity index (χ1n) is 5.62. The topological polar surface area (TPSA) is 49.7 Å². The van der Waals surface area contributed by atoms with Crippen molar-refractivity contribution in [1.82, 2.24) is 0 Å². The Labute approximate surface area is 97.7 Å². The zero-order chi connectivity index (χ0) is 12.4. The fourth-order valence-corrected chi connectivity index (χ4v) is 0.950. The third kappa shape index (κ3) is 7.26. The van der Waals surface area contributed by atoms with Gasteiger partial charge in [-0.05, 0) is 24.6 Å². The molecule has 92 valence electrons. The molecular weight excluding hydrogens is 204 g/mol. The first kappa shape index (κ1) is 14.9. The second-order valence-electron chi connectivity index (χ2n) is 3.67. The van der Waals surface area contributed by atoms with Crippen molar-refractivity contribution >= 4 is 0 Å². The van der Waals surface area contributed by atoms with E-state index in [0.29, 0.717) is 5.75 Å². The van der Waals surface area contributed by atoms with Crippen LogP contribution in [0, 0.1) is 6.92 Å². The van der Waals surface area contributed by atoms with Crippen LogP contribution in [-0.4, -0.2) is 29.5 Å². The SMILES string of the molecule is CCC.Cc1cccc(OCC(O)CO)c1. The van der Waals surface area contributed by atoms with Gasteiger partial charge in [0.05, 0.1) is 6.61 Å². The molecule has 0 saturated carbocycles. The largest absolute Gasteiger partial charge is 0.491 e. The molecule has 0 heterocycles. The van der Waals surface area contributed by atoms with Crippen molar-refractivity contribution in [1.29, 1.82) is 0 Å². The molecule has 16 heavy (non-hydrogen) atoms. The van der Waals surface area contributed by atoms with Gasteiger partial charge in [0.2, 0.25) is 0 Å². The van der Waals surface area contributed by atoms with Gasteiger partial charge in [0.1, 0.15) is 18.5 Å². The minimum Gasteiger partial charge on any atom is -0.491 e. The van der Waals surface area contributed by atoms with Crippen molar-refractivity contribution in [3.8, 4) is 5.75 Å². The Morgan fingerprint density at radius 2 is 1.94 bits per heavy atom. The summed E-state index contributed by atoms with van der Waals surface area (Å²) in [4.78, 5) is 0. The molecule has 3 nitrogen and oxygen atoms in total. The second kappa shape index (κ2) is 9.19. The van der Waals surface area contributed by atoms with Gasteiger partial charge in [-0.3, -0.25) is 0 Å². The van der Waals surface area contributed by atoms with E-state index in [1.807, 2.05) is 31.2 Å². The molecule has 0 aliphatic heterocycles. The quantitative estimate of drug-likeness (QED) is 0.827. The molecule has 0 aliphatic rings. The van der Waals surface area contributed by atoms with E-state index in [1.54, 1.807) is 0 Å². The highest BCUT2D eigenvalue weighted by atomic mass is 16.5. The van der Waals surface area contributed by atoms with Crippen molar-refractivity contribution < 1.29 is 14.9 Å². The molecule has 0 aliphatic carbocycles. The number of aryl methyl sites for hydroxylation is 1. The summed E-state index contributed by atoms with van der Waals surface area (Å²) in [6.07, 6.45) is 0.445. The van der Waals surface area contributed by atoms with Crippen molar-refractivity contribution in [3.63, 3.8) is 0 Å². The normalized spacial score (nSPS) is 11.3. The van der Waals surface area contributed by atoms with Crippen LogP contribution in [-0.2, 0) is 0 Å². The summed E-state index contributed by atoms with van der Waals surface area (Å²) in [6, 6.07) is 7.55. The Morgan fingerprint density at radius 3 is 2.44 bits per heavy atom. The van der Waals surface area contributed by atoms with E-state index in [-0.39, 0.29) is 13.2 Å². The third-order valence-corrected chi connectivity index (χ3v) is 1.64. The summed E-state index contributed by atoms with van der Waals surface area (Å²) < 4.78 is 5.23. The van der Waals surface area contributed by atoms with E-state index < -0.39 is 6.10 Å². The van der Waals surface area contributed by atoms with Gasteiger partial charge in [-0.25, -0.2) is 0 Å². The van der Waals surface area contributed by atoms with E-state index in [2.05, 4.69) is 13.8 Å². The standard InChI is InChI=1S/C10H14O3.C3H8/c1-8-3-2-4-10(5-8)13-7-9(12)6-11;1-3-2/h2-5,9,11-12H,6-7H2,1H3;3H2,1-2H3. The molecule has 1 aromatic rings. The van der Waals surface area contributed by atoms with Crippen LogP contribution >= 0.6 is 0 Å². The molecule has 1 rings (SSSR count). The number of rotatable bonds is 4. The smallest absolute Gasteiger partial charge is 0.119 e. The maximum atomic E-state index is 9.01. The van der Waals surface area contributed by atoms with Crippen LogP contribution in [0.4, 0.5) is 0 Å². The average molecular weight is 226 g/mol. The molecule has 0 spiro atoms. The van der Waals surface area contributed by atoms with Crippen LogP contribution < -0.4 is 4.74 Å². The zero-order valence-electron chi connectivity index (χ0n) is 10.3. The molecule has 1 unspecified atom stereocenters. The maximum absolute atomic E-state index is 9.01. The fraction of sp³-hybridized carbons (Fsp3) is 0.538. The molecular formula is C13H22O3. The van der Waals surface area contributed by atoms with E-state index >= 15 is 0 Å². The van der Waals surface area contributed by atoms with Gasteiger partial charge < -0.3 is 14.9 Å². The first-order chi connectivity index (χ1) is 7.63. The summed E-state index contributed by atoms with van der Waals surface area (Å²) in [5.41, 5.74) is 1.11. The van der Waals surface area contributed by atoms with E-state index in [9.17, 15) is 0 Å². The zero-order valence-corrected chi connectivity index (χ0v) is 10.3. The Bertz CT molecular complexity index is 274. The van der Waals surface area contributed by atoms with Crippen LogP contribution in [0.25, 0.3) is 0 Å². The number of ether oxygens (including phenoxy) is 1. The Hall–Kier alpha value is -1.06. The predicted molar refractivity (Wildman–Crippen MR) is 65.7 cm³/mol. The molecule has 1 aromatic carbocycles. The summed E-state index contributed by atoms with van der Waals surface area (Å²) in [5, 5.41) is 17.6. The van der Waals surface area contributed by atoms with Crippen LogP contribution in [0.5, 0.6) is 5.75 Å². The Balaban J connectivity index is 0.000000673. The van der Waals surface area contributed by atoms with E-state index in [0.717, 1.165) is 5.56 Å². The lowest BCUT2D eigenvalue weighted by Gasteiger charge is -2.09. The predicted octanol–water partition coefficient (Wildman–Crippen LogP) is 2.14. The monoisotopic (exact) mass is 226 g/mol. The van der Waals surface area contributed by atoms with Gasteiger partial charge in [0, 0.05) is 0 Å². The van der Waals surface area contributed by atoms with Crippen LogP contribution in [0.15, 0.2) is 24.3 Å². The number of hydrogen-bond donors (Lipinski definition) is 2. The van der Waals surface area contributed by atoms with Gasteiger partial charge in [0.15, 0.2) is 0 Å². The highest BCUT2D eigenvalue weighted by molar-refractivity contribution is 5.27. The van der Waals surface area contributed by atoms with Crippen molar-refractivity contribution in [2.45, 2.75) is 33.3 Å². The molecule has 0 bridgehead atoms. The second-order valence-corrected chi connectivity index (χ2v) is 3.67.